The number of unbranched alkanes of at least 4 members (excludes halogenated alkanes) is 1. The highest BCUT2D eigenvalue weighted by Gasteiger charge is 2.43. The lowest BCUT2D eigenvalue weighted by molar-refractivity contribution is -0.141. The minimum atomic E-state index is -0.0936. The predicted octanol–water partition coefficient (Wildman–Crippen LogP) is 1.65. The van der Waals surface area contributed by atoms with E-state index in [0.29, 0.717) is 12.5 Å². The Bertz CT molecular complexity index is 186. The van der Waals surface area contributed by atoms with E-state index in [1.54, 1.807) is 0 Å². The van der Waals surface area contributed by atoms with Crippen molar-refractivity contribution in [3.63, 3.8) is 0 Å². The van der Waals surface area contributed by atoms with E-state index in [1.807, 2.05) is 0 Å². The molecule has 2 rings (SSSR count). The zero-order valence-electron chi connectivity index (χ0n) is 7.99. The average molecular weight is 184 g/mol. The summed E-state index contributed by atoms with van der Waals surface area (Å²) in [7, 11) is 0. The van der Waals surface area contributed by atoms with E-state index < -0.39 is 0 Å². The second-order valence-corrected chi connectivity index (χ2v) is 3.91. The molecule has 2 saturated heterocycles. The second-order valence-electron chi connectivity index (χ2n) is 3.91. The van der Waals surface area contributed by atoms with Gasteiger partial charge in [-0.1, -0.05) is 19.8 Å². The molecule has 13 heavy (non-hydrogen) atoms. The summed E-state index contributed by atoms with van der Waals surface area (Å²) >= 11 is 0. The molecule has 0 N–H and O–H groups in total. The highest BCUT2D eigenvalue weighted by atomic mass is 16.6. The van der Waals surface area contributed by atoms with E-state index in [4.69, 9.17) is 9.47 Å². The predicted molar refractivity (Wildman–Crippen MR) is 47.3 cm³/mol. The Morgan fingerprint density at radius 3 is 3.00 bits per heavy atom. The molecule has 2 aliphatic rings. The first-order valence-corrected chi connectivity index (χ1v) is 5.14. The van der Waals surface area contributed by atoms with Crippen LogP contribution < -0.4 is 0 Å². The van der Waals surface area contributed by atoms with Crippen LogP contribution in [-0.4, -0.2) is 24.3 Å². The Morgan fingerprint density at radius 1 is 1.46 bits per heavy atom. The number of hydrogen-bond acceptors (Lipinski definition) is 3. The summed E-state index contributed by atoms with van der Waals surface area (Å²) in [4.78, 5) is 10.9. The van der Waals surface area contributed by atoms with Gasteiger partial charge in [0.15, 0.2) is 0 Å². The number of carbonyl (C=O) groups excluding carboxylic acids is 1. The first-order valence-electron chi connectivity index (χ1n) is 5.14. The van der Waals surface area contributed by atoms with E-state index in [2.05, 4.69) is 6.92 Å². The minimum Gasteiger partial charge on any atom is -0.459 e. The van der Waals surface area contributed by atoms with Gasteiger partial charge in [0.25, 0.3) is 0 Å². The molecule has 0 aliphatic carbocycles. The van der Waals surface area contributed by atoms with Gasteiger partial charge in [0.05, 0.1) is 12.5 Å². The third kappa shape index (κ3) is 1.85. The maximum Gasteiger partial charge on any atom is 0.308 e. The van der Waals surface area contributed by atoms with Crippen molar-refractivity contribution in [2.45, 2.75) is 57.3 Å². The summed E-state index contributed by atoms with van der Waals surface area (Å²) in [6.07, 6.45) is 5.37. The van der Waals surface area contributed by atoms with Crippen molar-refractivity contribution in [3.8, 4) is 0 Å². The third-order valence-electron chi connectivity index (χ3n) is 2.81. The second kappa shape index (κ2) is 3.66. The van der Waals surface area contributed by atoms with Crippen molar-refractivity contribution < 1.29 is 14.3 Å². The summed E-state index contributed by atoms with van der Waals surface area (Å²) in [5.74, 6) is -0.0936. The summed E-state index contributed by atoms with van der Waals surface area (Å²) in [5.41, 5.74) is 0. The van der Waals surface area contributed by atoms with E-state index in [0.717, 1.165) is 12.8 Å². The van der Waals surface area contributed by atoms with Gasteiger partial charge in [0, 0.05) is 6.42 Å². The standard InChI is InChI=1S/C10H16O3/c1-2-3-4-7-5-8-9(12-7)6-10(11)13-8/h7-9H,2-6H2,1H3/t7-,8+,9+/m1/s1. The normalized spacial score (nSPS) is 37.6. The zero-order valence-corrected chi connectivity index (χ0v) is 7.99. The van der Waals surface area contributed by atoms with Gasteiger partial charge in [-0.2, -0.15) is 0 Å². The molecule has 0 aromatic rings. The van der Waals surface area contributed by atoms with Crippen LogP contribution in [-0.2, 0) is 14.3 Å². The van der Waals surface area contributed by atoms with Crippen LogP contribution in [0.5, 0.6) is 0 Å². The van der Waals surface area contributed by atoms with E-state index in [-0.39, 0.29) is 18.2 Å². The fourth-order valence-corrected chi connectivity index (χ4v) is 2.10. The van der Waals surface area contributed by atoms with Crippen molar-refractivity contribution in [3.05, 3.63) is 0 Å². The molecule has 0 aromatic carbocycles. The molecule has 0 spiro atoms. The third-order valence-corrected chi connectivity index (χ3v) is 2.81. The van der Waals surface area contributed by atoms with Crippen molar-refractivity contribution in [2.75, 3.05) is 0 Å². The van der Waals surface area contributed by atoms with Gasteiger partial charge in [-0.3, -0.25) is 4.79 Å². The van der Waals surface area contributed by atoms with Crippen LogP contribution >= 0.6 is 0 Å². The van der Waals surface area contributed by atoms with Gasteiger partial charge in [0.2, 0.25) is 0 Å². The molecular formula is C10H16O3. The quantitative estimate of drug-likeness (QED) is 0.626. The monoisotopic (exact) mass is 184 g/mol. The van der Waals surface area contributed by atoms with Crippen molar-refractivity contribution in [1.29, 1.82) is 0 Å². The number of carbonyl (C=O) groups is 1. The number of esters is 1. The summed E-state index contributed by atoms with van der Waals surface area (Å²) in [5, 5.41) is 0. The van der Waals surface area contributed by atoms with Gasteiger partial charge < -0.3 is 9.47 Å². The molecular weight excluding hydrogens is 168 g/mol. The van der Waals surface area contributed by atoms with Gasteiger partial charge in [-0.25, -0.2) is 0 Å². The van der Waals surface area contributed by atoms with Crippen LogP contribution in [0.2, 0.25) is 0 Å². The summed E-state index contributed by atoms with van der Waals surface area (Å²) in [6.45, 7) is 2.18. The molecule has 0 unspecified atom stereocenters. The number of rotatable bonds is 3. The molecule has 0 amide bonds. The Morgan fingerprint density at radius 2 is 2.31 bits per heavy atom. The first-order chi connectivity index (χ1) is 6.29. The molecule has 0 bridgehead atoms. The number of fused-ring (bicyclic) bond motifs is 1. The number of ether oxygens (including phenoxy) is 2. The van der Waals surface area contributed by atoms with Gasteiger partial charge in [-0.05, 0) is 6.42 Å². The van der Waals surface area contributed by atoms with Crippen LogP contribution in [0.25, 0.3) is 0 Å². The van der Waals surface area contributed by atoms with Gasteiger partial charge in [-0.15, -0.1) is 0 Å². The Hall–Kier alpha value is -0.570. The maximum absolute atomic E-state index is 10.9. The van der Waals surface area contributed by atoms with Crippen LogP contribution in [0, 0.1) is 0 Å². The van der Waals surface area contributed by atoms with Crippen molar-refractivity contribution in [2.24, 2.45) is 0 Å². The topological polar surface area (TPSA) is 35.5 Å². The Balaban J connectivity index is 1.80. The van der Waals surface area contributed by atoms with Crippen LogP contribution in [0.3, 0.4) is 0 Å². The van der Waals surface area contributed by atoms with E-state index in [9.17, 15) is 4.79 Å². The van der Waals surface area contributed by atoms with Crippen LogP contribution in [0.1, 0.15) is 39.0 Å². The lowest BCUT2D eigenvalue weighted by Crippen LogP contribution is -2.13. The maximum atomic E-state index is 10.9. The fraction of sp³-hybridized carbons (Fsp3) is 0.900. The van der Waals surface area contributed by atoms with Crippen LogP contribution in [0.15, 0.2) is 0 Å². The molecule has 3 heteroatoms. The smallest absolute Gasteiger partial charge is 0.308 e. The molecule has 3 atom stereocenters. The Kier molecular flexibility index (Phi) is 2.54. The molecule has 74 valence electrons. The lowest BCUT2D eigenvalue weighted by Gasteiger charge is -2.09. The van der Waals surface area contributed by atoms with Crippen molar-refractivity contribution in [1.82, 2.24) is 0 Å². The summed E-state index contributed by atoms with van der Waals surface area (Å²) in [6, 6.07) is 0. The van der Waals surface area contributed by atoms with Crippen molar-refractivity contribution >= 4 is 5.97 Å². The minimum absolute atomic E-state index is 0.0642. The van der Waals surface area contributed by atoms with Crippen LogP contribution in [0.4, 0.5) is 0 Å². The van der Waals surface area contributed by atoms with E-state index >= 15 is 0 Å². The first kappa shape index (κ1) is 9.00. The SMILES string of the molecule is CCCC[C@@H]1C[C@@H]2OC(=O)C[C@@H]2O1. The van der Waals surface area contributed by atoms with Gasteiger partial charge >= 0.3 is 5.97 Å². The van der Waals surface area contributed by atoms with Gasteiger partial charge in [0.1, 0.15) is 12.2 Å². The molecule has 2 heterocycles. The largest absolute Gasteiger partial charge is 0.459 e. The molecule has 2 aliphatic heterocycles. The summed E-state index contributed by atoms with van der Waals surface area (Å²) < 4.78 is 10.8. The fourth-order valence-electron chi connectivity index (χ4n) is 2.10. The highest BCUT2D eigenvalue weighted by Crippen LogP contribution is 2.32. The molecule has 3 nitrogen and oxygen atoms in total. The zero-order chi connectivity index (χ0) is 9.26. The molecule has 0 saturated carbocycles. The average Bonchev–Trinajstić information content (AvgIpc) is 2.57. The van der Waals surface area contributed by atoms with E-state index in [1.165, 1.54) is 12.8 Å². The highest BCUT2D eigenvalue weighted by molar-refractivity contribution is 5.72. The lowest BCUT2D eigenvalue weighted by atomic mass is 10.1. The molecule has 0 radical (unpaired) electrons. The Labute approximate surface area is 78.4 Å². The number of hydrogen-bond donors (Lipinski definition) is 0. The molecule has 0 aromatic heterocycles. The molecule has 2 fully saturated rings.